The molecule has 0 aliphatic rings. The van der Waals surface area contributed by atoms with Crippen LogP contribution in [0, 0.1) is 0 Å². The van der Waals surface area contributed by atoms with Crippen LogP contribution in [0.4, 0.5) is 0 Å². The second-order valence-corrected chi connectivity index (χ2v) is 3.26. The van der Waals surface area contributed by atoms with E-state index in [1.807, 2.05) is 0 Å². The first kappa shape index (κ1) is 16.3. The molecule has 0 heterocycles. The van der Waals surface area contributed by atoms with Gasteiger partial charge in [0.05, 0.1) is 6.42 Å². The topological polar surface area (TPSA) is 98.1 Å². The molecule has 1 unspecified atom stereocenters. The van der Waals surface area contributed by atoms with E-state index in [1.54, 1.807) is 0 Å². The Hall–Kier alpha value is -1.14. The first-order valence-electron chi connectivity index (χ1n) is 4.58. The summed E-state index contributed by atoms with van der Waals surface area (Å²) in [6, 6.07) is 0. The summed E-state index contributed by atoms with van der Waals surface area (Å²) in [5, 5.41) is 24.1. The fraction of sp³-hybridized carbons (Fsp3) is 0.778. The van der Waals surface area contributed by atoms with Gasteiger partial charge < -0.3 is 20.2 Å². The molecule has 6 nitrogen and oxygen atoms in total. The third-order valence-corrected chi connectivity index (χ3v) is 1.32. The van der Waals surface area contributed by atoms with E-state index in [-0.39, 0.29) is 0 Å². The van der Waals surface area contributed by atoms with Crippen LogP contribution in [0.3, 0.4) is 0 Å². The normalized spacial score (nSPS) is 11.5. The lowest BCUT2D eigenvalue weighted by molar-refractivity contribution is -0.152. The summed E-state index contributed by atoms with van der Waals surface area (Å²) < 4.78 is 0. The fourth-order valence-electron chi connectivity index (χ4n) is 0.700. The number of aliphatic hydroxyl groups excluding tert-OH is 1. The van der Waals surface area contributed by atoms with Gasteiger partial charge in [0.1, 0.15) is 0 Å². The minimum atomic E-state index is -1.79. The van der Waals surface area contributed by atoms with Gasteiger partial charge in [0.2, 0.25) is 0 Å². The number of nitrogens with zero attached hydrogens (tertiary/aromatic N) is 1. The molecule has 0 aromatic rings. The van der Waals surface area contributed by atoms with E-state index < -0.39 is 24.5 Å². The molecule has 0 amide bonds. The number of rotatable bonds is 5. The minimum Gasteiger partial charge on any atom is -0.481 e. The third-order valence-electron chi connectivity index (χ3n) is 1.32. The summed E-state index contributed by atoms with van der Waals surface area (Å²) in [5.74, 6) is -2.85. The van der Waals surface area contributed by atoms with E-state index in [1.165, 1.54) is 13.0 Å². The molecule has 1 atom stereocenters. The maximum atomic E-state index is 9.72. The highest BCUT2D eigenvalue weighted by Gasteiger charge is 2.16. The van der Waals surface area contributed by atoms with Crippen molar-refractivity contribution in [1.82, 2.24) is 4.90 Å². The van der Waals surface area contributed by atoms with Gasteiger partial charge >= 0.3 is 11.9 Å². The van der Waals surface area contributed by atoms with Crippen molar-refractivity contribution in [2.45, 2.75) is 25.9 Å². The van der Waals surface area contributed by atoms with Crippen LogP contribution in [-0.4, -0.2) is 58.9 Å². The zero-order chi connectivity index (χ0) is 12.4. The zero-order valence-electron chi connectivity index (χ0n) is 9.30. The van der Waals surface area contributed by atoms with Gasteiger partial charge in [0, 0.05) is 0 Å². The molecule has 0 radical (unpaired) electrons. The van der Waals surface area contributed by atoms with Crippen LogP contribution in [0.2, 0.25) is 0 Å². The van der Waals surface area contributed by atoms with Crippen LogP contribution in [0.1, 0.15) is 19.8 Å². The van der Waals surface area contributed by atoms with Crippen LogP contribution in [0.5, 0.6) is 0 Å². The monoisotopic (exact) mass is 221 g/mol. The summed E-state index contributed by atoms with van der Waals surface area (Å²) >= 11 is 0. The van der Waals surface area contributed by atoms with Gasteiger partial charge in [-0.05, 0) is 27.1 Å². The molecule has 3 N–H and O–H groups in total. The molecule has 0 aromatic heterocycles. The maximum absolute atomic E-state index is 9.72. The van der Waals surface area contributed by atoms with E-state index in [9.17, 15) is 9.59 Å². The van der Waals surface area contributed by atoms with Gasteiger partial charge in [-0.3, -0.25) is 4.79 Å². The number of carboxylic acid groups (broad SMARTS) is 2. The predicted octanol–water partition coefficient (Wildman–Crippen LogP) is -0.135. The molecule has 90 valence electrons. The molecule has 0 aromatic carbocycles. The van der Waals surface area contributed by atoms with Crippen molar-refractivity contribution in [3.05, 3.63) is 0 Å². The lowest BCUT2D eigenvalue weighted by atomic mass is 10.3. The standard InChI is InChI=1S/C5H13N.C4H6O5/c1-4-5-6(2)3;5-2(4(8)9)1-3(6)7/h4-5H2,1-3H3;2,5H,1H2,(H,6,7)(H,8,9). The Morgan fingerprint density at radius 3 is 1.80 bits per heavy atom. The highest BCUT2D eigenvalue weighted by molar-refractivity contribution is 5.79. The lowest BCUT2D eigenvalue weighted by Crippen LogP contribution is -2.22. The summed E-state index contributed by atoms with van der Waals surface area (Å²) in [7, 11) is 4.17. The van der Waals surface area contributed by atoms with E-state index in [0.29, 0.717) is 0 Å². The molecule has 0 bridgehead atoms. The second-order valence-electron chi connectivity index (χ2n) is 3.26. The Morgan fingerprint density at radius 2 is 1.73 bits per heavy atom. The first-order chi connectivity index (χ1) is 6.81. The van der Waals surface area contributed by atoms with Crippen LogP contribution in [0.25, 0.3) is 0 Å². The van der Waals surface area contributed by atoms with Crippen molar-refractivity contribution in [1.29, 1.82) is 0 Å². The average molecular weight is 221 g/mol. The summed E-state index contributed by atoms with van der Waals surface area (Å²) in [6.07, 6.45) is -1.29. The number of aliphatic hydroxyl groups is 1. The molecule has 0 saturated heterocycles. The molecule has 0 spiro atoms. The molecular formula is C9H19NO5. The van der Waals surface area contributed by atoms with Crippen molar-refractivity contribution in [3.63, 3.8) is 0 Å². The molecule has 6 heteroatoms. The van der Waals surface area contributed by atoms with E-state index in [0.717, 1.165) is 0 Å². The quantitative estimate of drug-likeness (QED) is 0.598. The summed E-state index contributed by atoms with van der Waals surface area (Å²) in [6.45, 7) is 3.39. The Bertz CT molecular complexity index is 193. The molecule has 0 aliphatic carbocycles. The molecule has 0 fully saturated rings. The highest BCUT2D eigenvalue weighted by atomic mass is 16.4. The Kier molecular flexibility index (Phi) is 10.2. The fourth-order valence-corrected chi connectivity index (χ4v) is 0.700. The molecule has 15 heavy (non-hydrogen) atoms. The molecule has 0 saturated carbocycles. The van der Waals surface area contributed by atoms with Crippen LogP contribution in [-0.2, 0) is 9.59 Å². The summed E-state index contributed by atoms with van der Waals surface area (Å²) in [4.78, 5) is 21.6. The van der Waals surface area contributed by atoms with Gasteiger partial charge in [0.15, 0.2) is 6.10 Å². The molecule has 0 rings (SSSR count). The van der Waals surface area contributed by atoms with Gasteiger partial charge in [-0.15, -0.1) is 0 Å². The maximum Gasteiger partial charge on any atom is 0.333 e. The number of hydrogen-bond donors (Lipinski definition) is 3. The average Bonchev–Trinajstić information content (AvgIpc) is 2.03. The van der Waals surface area contributed by atoms with Crippen molar-refractivity contribution in [2.75, 3.05) is 20.6 Å². The van der Waals surface area contributed by atoms with Crippen molar-refractivity contribution < 1.29 is 24.9 Å². The predicted molar refractivity (Wildman–Crippen MR) is 54.7 cm³/mol. The number of hydrogen-bond acceptors (Lipinski definition) is 4. The molecule has 0 aliphatic heterocycles. The van der Waals surface area contributed by atoms with E-state index in [2.05, 4.69) is 25.9 Å². The second kappa shape index (κ2) is 9.42. The third kappa shape index (κ3) is 15.6. The molecular weight excluding hydrogens is 202 g/mol. The SMILES string of the molecule is CCCN(C)C.O=C(O)CC(O)C(=O)O. The smallest absolute Gasteiger partial charge is 0.333 e. The Morgan fingerprint density at radius 1 is 1.27 bits per heavy atom. The van der Waals surface area contributed by atoms with Gasteiger partial charge in [-0.2, -0.15) is 0 Å². The Labute approximate surface area is 89.1 Å². The van der Waals surface area contributed by atoms with Crippen molar-refractivity contribution in [3.8, 4) is 0 Å². The van der Waals surface area contributed by atoms with Crippen molar-refractivity contribution in [2.24, 2.45) is 0 Å². The first-order valence-corrected chi connectivity index (χ1v) is 4.58. The lowest BCUT2D eigenvalue weighted by Gasteiger charge is -2.03. The minimum absolute atomic E-state index is 0.755. The highest BCUT2D eigenvalue weighted by Crippen LogP contribution is 1.89. The van der Waals surface area contributed by atoms with Gasteiger partial charge in [-0.25, -0.2) is 4.79 Å². The van der Waals surface area contributed by atoms with Crippen molar-refractivity contribution >= 4 is 11.9 Å². The summed E-state index contributed by atoms with van der Waals surface area (Å²) in [5.41, 5.74) is 0. The zero-order valence-corrected chi connectivity index (χ0v) is 9.30. The van der Waals surface area contributed by atoms with E-state index >= 15 is 0 Å². The number of carbonyl (C=O) groups is 2. The van der Waals surface area contributed by atoms with Crippen LogP contribution < -0.4 is 0 Å². The van der Waals surface area contributed by atoms with Crippen LogP contribution >= 0.6 is 0 Å². The van der Waals surface area contributed by atoms with Gasteiger partial charge in [0.25, 0.3) is 0 Å². The largest absolute Gasteiger partial charge is 0.481 e. The number of carboxylic acids is 2. The van der Waals surface area contributed by atoms with Crippen LogP contribution in [0.15, 0.2) is 0 Å². The van der Waals surface area contributed by atoms with E-state index in [4.69, 9.17) is 15.3 Å². The Balaban J connectivity index is 0. The number of aliphatic carboxylic acids is 2. The van der Waals surface area contributed by atoms with Gasteiger partial charge in [-0.1, -0.05) is 6.92 Å².